The largest absolute Gasteiger partial charge is 0.479 e. The fraction of sp³-hybridized carbons (Fsp3) is 0.345. The molecular formula is C29H32N6O11. The third kappa shape index (κ3) is 9.57. The summed E-state index contributed by atoms with van der Waals surface area (Å²) < 4.78 is 21.1. The lowest BCUT2D eigenvalue weighted by molar-refractivity contribution is -0.386. The van der Waals surface area contributed by atoms with E-state index in [0.717, 1.165) is 12.1 Å². The Morgan fingerprint density at radius 1 is 0.761 bits per heavy atom. The van der Waals surface area contributed by atoms with E-state index < -0.39 is 46.9 Å². The van der Waals surface area contributed by atoms with Crippen molar-refractivity contribution >= 4 is 40.8 Å². The number of rotatable bonds is 15. The van der Waals surface area contributed by atoms with E-state index in [0.29, 0.717) is 0 Å². The minimum absolute atomic E-state index is 0.00702. The van der Waals surface area contributed by atoms with E-state index in [1.807, 2.05) is 27.7 Å². The summed E-state index contributed by atoms with van der Waals surface area (Å²) in [6, 6.07) is 7.47. The number of esters is 1. The maximum Gasteiger partial charge on any atom is 0.356 e. The summed E-state index contributed by atoms with van der Waals surface area (Å²) in [6.45, 7) is 7.06. The summed E-state index contributed by atoms with van der Waals surface area (Å²) in [7, 11) is 1.21. The Labute approximate surface area is 262 Å². The number of carboxylic acids is 1. The molecule has 0 spiro atoms. The number of carboxylic acid groups (broad SMARTS) is 1. The molecule has 3 heterocycles. The number of ether oxygens (including phenoxy) is 4. The number of nitrogens with zero attached hydrogens (tertiary/aromatic N) is 4. The molecule has 17 nitrogen and oxygen atoms in total. The van der Waals surface area contributed by atoms with Crippen LogP contribution in [-0.2, 0) is 9.53 Å². The maximum atomic E-state index is 13.2. The SMILES string of the molecule is COC(=O)c1ccc(NC(=O)c2ccc(NC(=O)c3ccc([N+](=O)[O-])c(OCC(=O)O)n3)c(OCC(C)C)n2)c(OCC(C)C)n1. The monoisotopic (exact) mass is 640 g/mol. The molecule has 3 aromatic rings. The van der Waals surface area contributed by atoms with Gasteiger partial charge < -0.3 is 34.7 Å². The second-order valence-electron chi connectivity index (χ2n) is 10.4. The third-order valence-corrected chi connectivity index (χ3v) is 5.55. The quantitative estimate of drug-likeness (QED) is 0.122. The van der Waals surface area contributed by atoms with Crippen LogP contribution in [0.15, 0.2) is 36.4 Å². The Kier molecular flexibility index (Phi) is 11.8. The van der Waals surface area contributed by atoms with E-state index in [1.165, 1.54) is 31.4 Å². The van der Waals surface area contributed by atoms with Crippen LogP contribution < -0.4 is 24.8 Å². The van der Waals surface area contributed by atoms with Gasteiger partial charge in [0.15, 0.2) is 12.3 Å². The molecule has 0 aliphatic carbocycles. The fourth-order valence-electron chi connectivity index (χ4n) is 3.43. The van der Waals surface area contributed by atoms with Crippen molar-refractivity contribution in [3.05, 3.63) is 63.6 Å². The number of aromatic nitrogens is 3. The van der Waals surface area contributed by atoms with Gasteiger partial charge in [-0.2, -0.15) is 0 Å². The van der Waals surface area contributed by atoms with E-state index in [-0.39, 0.29) is 65.3 Å². The molecule has 0 aromatic carbocycles. The topological polar surface area (TPSA) is 231 Å². The zero-order valence-electron chi connectivity index (χ0n) is 25.6. The average Bonchev–Trinajstić information content (AvgIpc) is 3.01. The zero-order chi connectivity index (χ0) is 34.0. The van der Waals surface area contributed by atoms with Crippen molar-refractivity contribution in [3.8, 4) is 17.6 Å². The lowest BCUT2D eigenvalue weighted by Gasteiger charge is -2.16. The molecule has 0 saturated heterocycles. The molecule has 244 valence electrons. The summed E-state index contributed by atoms with van der Waals surface area (Å²) in [5.41, 5.74) is -0.901. The molecule has 0 fully saturated rings. The summed E-state index contributed by atoms with van der Waals surface area (Å²) >= 11 is 0. The first kappa shape index (κ1) is 34.6. The number of nitrogens with one attached hydrogen (secondary N) is 2. The van der Waals surface area contributed by atoms with Crippen LogP contribution >= 0.6 is 0 Å². The van der Waals surface area contributed by atoms with Crippen LogP contribution in [0.25, 0.3) is 0 Å². The highest BCUT2D eigenvalue weighted by Gasteiger charge is 2.23. The van der Waals surface area contributed by atoms with E-state index in [9.17, 15) is 29.3 Å². The van der Waals surface area contributed by atoms with Crippen LogP contribution in [0.4, 0.5) is 17.1 Å². The van der Waals surface area contributed by atoms with Gasteiger partial charge in [-0.3, -0.25) is 19.7 Å². The zero-order valence-corrected chi connectivity index (χ0v) is 25.6. The highest BCUT2D eigenvalue weighted by Crippen LogP contribution is 2.28. The predicted octanol–water partition coefficient (Wildman–Crippen LogP) is 3.60. The highest BCUT2D eigenvalue weighted by atomic mass is 16.6. The number of carbonyl (C=O) groups is 4. The molecule has 17 heteroatoms. The Bertz CT molecular complexity index is 1630. The second-order valence-corrected chi connectivity index (χ2v) is 10.4. The van der Waals surface area contributed by atoms with Gasteiger partial charge >= 0.3 is 17.6 Å². The normalized spacial score (nSPS) is 10.7. The van der Waals surface area contributed by atoms with Crippen LogP contribution in [-0.4, -0.2) is 75.7 Å². The van der Waals surface area contributed by atoms with E-state index >= 15 is 0 Å². The smallest absolute Gasteiger partial charge is 0.356 e. The van der Waals surface area contributed by atoms with Crippen molar-refractivity contribution in [1.82, 2.24) is 15.0 Å². The summed E-state index contributed by atoms with van der Waals surface area (Å²) in [4.78, 5) is 71.8. The van der Waals surface area contributed by atoms with Gasteiger partial charge in [-0.05, 0) is 42.2 Å². The first-order valence-corrected chi connectivity index (χ1v) is 13.8. The molecule has 0 aliphatic rings. The van der Waals surface area contributed by atoms with Crippen molar-refractivity contribution in [2.45, 2.75) is 27.7 Å². The standard InChI is InChI=1S/C29H32N6O11/c1-15(2)12-44-26-19(30-25(39)18-10-11-22(35(41)42)28(33-18)46-14-23(36)37)7-6-17(32-26)24(38)31-20-8-9-21(29(40)43-5)34-27(20)45-13-16(3)4/h6-11,15-16H,12-14H2,1-5H3,(H,30,39)(H,31,38)(H,36,37). The Morgan fingerprint density at radius 2 is 1.22 bits per heavy atom. The molecule has 0 aliphatic heterocycles. The van der Waals surface area contributed by atoms with Gasteiger partial charge in [-0.1, -0.05) is 27.7 Å². The van der Waals surface area contributed by atoms with Gasteiger partial charge in [0.2, 0.25) is 11.8 Å². The number of hydrogen-bond donors (Lipinski definition) is 3. The molecule has 0 unspecified atom stereocenters. The number of hydrogen-bond acceptors (Lipinski definition) is 13. The number of amides is 2. The van der Waals surface area contributed by atoms with Gasteiger partial charge in [0.05, 0.1) is 25.2 Å². The first-order chi connectivity index (χ1) is 21.8. The Balaban J connectivity index is 1.90. The number of methoxy groups -OCH3 is 1. The third-order valence-electron chi connectivity index (χ3n) is 5.55. The van der Waals surface area contributed by atoms with Crippen molar-refractivity contribution in [3.63, 3.8) is 0 Å². The fourth-order valence-corrected chi connectivity index (χ4v) is 3.43. The van der Waals surface area contributed by atoms with Crippen molar-refractivity contribution in [2.24, 2.45) is 11.8 Å². The van der Waals surface area contributed by atoms with Gasteiger partial charge in [0, 0.05) is 6.07 Å². The van der Waals surface area contributed by atoms with E-state index in [4.69, 9.17) is 24.1 Å². The lowest BCUT2D eigenvalue weighted by atomic mass is 10.2. The van der Waals surface area contributed by atoms with Crippen LogP contribution in [0.3, 0.4) is 0 Å². The summed E-state index contributed by atoms with van der Waals surface area (Å²) in [6.07, 6.45) is 0. The molecule has 0 radical (unpaired) electrons. The molecule has 0 atom stereocenters. The molecule has 0 bridgehead atoms. The van der Waals surface area contributed by atoms with Crippen LogP contribution in [0, 0.1) is 22.0 Å². The number of pyridine rings is 3. The van der Waals surface area contributed by atoms with Crippen LogP contribution in [0.1, 0.15) is 59.2 Å². The molecule has 3 aromatic heterocycles. The lowest BCUT2D eigenvalue weighted by Crippen LogP contribution is -2.20. The molecular weight excluding hydrogens is 608 g/mol. The van der Waals surface area contributed by atoms with Crippen molar-refractivity contribution in [2.75, 3.05) is 37.6 Å². The number of anilines is 2. The minimum atomic E-state index is -1.40. The van der Waals surface area contributed by atoms with Gasteiger partial charge in [-0.15, -0.1) is 0 Å². The number of carbonyl (C=O) groups excluding carboxylic acids is 3. The van der Waals surface area contributed by atoms with Gasteiger partial charge in [0.1, 0.15) is 22.8 Å². The van der Waals surface area contributed by atoms with Crippen LogP contribution in [0.5, 0.6) is 17.6 Å². The number of aliphatic carboxylic acids is 1. The average molecular weight is 641 g/mol. The van der Waals surface area contributed by atoms with Crippen molar-refractivity contribution < 1.29 is 48.2 Å². The van der Waals surface area contributed by atoms with Gasteiger partial charge in [0.25, 0.3) is 17.7 Å². The minimum Gasteiger partial charge on any atom is -0.479 e. The molecule has 2 amide bonds. The molecule has 3 rings (SSSR count). The van der Waals surface area contributed by atoms with Gasteiger partial charge in [-0.25, -0.2) is 24.5 Å². The summed E-state index contributed by atoms with van der Waals surface area (Å²) in [5.74, 6) is -4.27. The first-order valence-electron chi connectivity index (χ1n) is 13.8. The molecule has 46 heavy (non-hydrogen) atoms. The van der Waals surface area contributed by atoms with E-state index in [2.05, 4.69) is 25.6 Å². The van der Waals surface area contributed by atoms with Crippen LogP contribution in [0.2, 0.25) is 0 Å². The molecule has 0 saturated carbocycles. The maximum absolute atomic E-state index is 13.2. The highest BCUT2D eigenvalue weighted by molar-refractivity contribution is 6.06. The number of nitro groups is 1. The van der Waals surface area contributed by atoms with E-state index in [1.54, 1.807) is 0 Å². The van der Waals surface area contributed by atoms with Crippen molar-refractivity contribution in [1.29, 1.82) is 0 Å². The summed E-state index contributed by atoms with van der Waals surface area (Å²) in [5, 5.41) is 25.3. The molecule has 3 N–H and O–H groups in total. The predicted molar refractivity (Wildman–Crippen MR) is 160 cm³/mol. The Morgan fingerprint density at radius 3 is 1.67 bits per heavy atom. The Hall–Kier alpha value is -5.87. The second kappa shape index (κ2) is 15.7.